The van der Waals surface area contributed by atoms with Crippen LogP contribution in [0.1, 0.15) is 36.0 Å². The standard InChI is InChI=1S/C13H14Cl3NO3/c14-6-5-7(15)12(19)10(11(6)16)13(20)17-8-3-1-2-4-9(8)18/h5,8-9,18-19H,1-4H2,(H,17,20). The molecule has 0 radical (unpaired) electrons. The van der Waals surface area contributed by atoms with Gasteiger partial charge >= 0.3 is 0 Å². The van der Waals surface area contributed by atoms with E-state index in [1.165, 1.54) is 6.07 Å². The molecule has 2 atom stereocenters. The molecule has 0 spiro atoms. The number of halogens is 3. The predicted octanol–water partition coefficient (Wildman–Crippen LogP) is 3.39. The quantitative estimate of drug-likeness (QED) is 0.724. The first-order valence-corrected chi connectivity index (χ1v) is 7.40. The number of aromatic hydroxyl groups is 1. The van der Waals surface area contributed by atoms with Crippen LogP contribution in [0.4, 0.5) is 0 Å². The second-order valence-corrected chi connectivity index (χ2v) is 6.00. The van der Waals surface area contributed by atoms with E-state index < -0.39 is 17.8 Å². The van der Waals surface area contributed by atoms with Crippen molar-refractivity contribution in [1.82, 2.24) is 5.32 Å². The average Bonchev–Trinajstić information content (AvgIpc) is 2.39. The van der Waals surface area contributed by atoms with Crippen LogP contribution < -0.4 is 5.32 Å². The molecule has 1 aliphatic rings. The topological polar surface area (TPSA) is 69.6 Å². The van der Waals surface area contributed by atoms with Crippen LogP contribution in [0.3, 0.4) is 0 Å². The van der Waals surface area contributed by atoms with Crippen LogP contribution in [0, 0.1) is 0 Å². The fourth-order valence-corrected chi connectivity index (χ4v) is 3.01. The lowest BCUT2D eigenvalue weighted by molar-refractivity contribution is 0.0715. The molecule has 0 heterocycles. The second-order valence-electron chi connectivity index (χ2n) is 4.81. The van der Waals surface area contributed by atoms with Crippen LogP contribution in [-0.2, 0) is 0 Å². The van der Waals surface area contributed by atoms with Crippen molar-refractivity contribution in [2.75, 3.05) is 0 Å². The number of phenolic OH excluding ortho intramolecular Hbond substituents is 1. The first kappa shape index (κ1) is 15.7. The normalized spacial score (nSPS) is 22.6. The van der Waals surface area contributed by atoms with Gasteiger partial charge in [0, 0.05) is 0 Å². The number of nitrogens with one attached hydrogen (secondary N) is 1. The van der Waals surface area contributed by atoms with Gasteiger partial charge < -0.3 is 15.5 Å². The zero-order valence-corrected chi connectivity index (χ0v) is 12.8. The summed E-state index contributed by atoms with van der Waals surface area (Å²) in [5.41, 5.74) is -0.165. The van der Waals surface area contributed by atoms with E-state index in [-0.39, 0.29) is 26.7 Å². The Kier molecular flexibility index (Phi) is 5.02. The number of carbonyl (C=O) groups is 1. The van der Waals surface area contributed by atoms with E-state index in [1.54, 1.807) is 0 Å². The Morgan fingerprint density at radius 3 is 2.50 bits per heavy atom. The number of hydrogen-bond acceptors (Lipinski definition) is 3. The third kappa shape index (κ3) is 3.14. The molecule has 7 heteroatoms. The average molecular weight is 339 g/mol. The van der Waals surface area contributed by atoms with Crippen LogP contribution in [0.15, 0.2) is 6.07 Å². The number of rotatable bonds is 2. The molecule has 110 valence electrons. The molecule has 0 bridgehead atoms. The Hall–Kier alpha value is -0.680. The summed E-state index contributed by atoms with van der Waals surface area (Å²) in [4.78, 5) is 12.2. The molecule has 2 rings (SSSR count). The summed E-state index contributed by atoms with van der Waals surface area (Å²) in [6.45, 7) is 0. The Morgan fingerprint density at radius 2 is 1.85 bits per heavy atom. The van der Waals surface area contributed by atoms with E-state index in [4.69, 9.17) is 34.8 Å². The zero-order chi connectivity index (χ0) is 14.9. The van der Waals surface area contributed by atoms with Crippen LogP contribution in [0.25, 0.3) is 0 Å². The first-order chi connectivity index (χ1) is 9.41. The van der Waals surface area contributed by atoms with Gasteiger partial charge in [0.15, 0.2) is 0 Å². The van der Waals surface area contributed by atoms with Gasteiger partial charge in [-0.2, -0.15) is 0 Å². The highest BCUT2D eigenvalue weighted by Gasteiger charge is 2.28. The van der Waals surface area contributed by atoms with Gasteiger partial charge in [-0.1, -0.05) is 47.6 Å². The maximum atomic E-state index is 12.2. The van der Waals surface area contributed by atoms with Crippen molar-refractivity contribution in [1.29, 1.82) is 0 Å². The fourth-order valence-electron chi connectivity index (χ4n) is 2.31. The molecule has 2 unspecified atom stereocenters. The molecule has 1 aliphatic carbocycles. The summed E-state index contributed by atoms with van der Waals surface area (Å²) < 4.78 is 0. The van der Waals surface area contributed by atoms with Crippen LogP contribution >= 0.6 is 34.8 Å². The highest BCUT2D eigenvalue weighted by molar-refractivity contribution is 6.45. The fraction of sp³-hybridized carbons (Fsp3) is 0.462. The van der Waals surface area contributed by atoms with Gasteiger partial charge in [-0.05, 0) is 18.9 Å². The third-order valence-corrected chi connectivity index (χ3v) is 4.49. The Bertz CT molecular complexity index is 510. The smallest absolute Gasteiger partial charge is 0.256 e. The van der Waals surface area contributed by atoms with E-state index in [2.05, 4.69) is 5.32 Å². The number of carbonyl (C=O) groups excluding carboxylic acids is 1. The number of phenols is 1. The lowest BCUT2D eigenvalue weighted by atomic mass is 9.92. The molecule has 1 fully saturated rings. The van der Waals surface area contributed by atoms with Crippen molar-refractivity contribution in [3.8, 4) is 5.75 Å². The maximum Gasteiger partial charge on any atom is 0.256 e. The summed E-state index contributed by atoms with van der Waals surface area (Å²) in [7, 11) is 0. The van der Waals surface area contributed by atoms with E-state index >= 15 is 0 Å². The van der Waals surface area contributed by atoms with Crippen molar-refractivity contribution in [2.24, 2.45) is 0 Å². The van der Waals surface area contributed by atoms with Gasteiger partial charge in [-0.25, -0.2) is 0 Å². The second kappa shape index (κ2) is 6.39. The maximum absolute atomic E-state index is 12.2. The van der Waals surface area contributed by atoms with Gasteiger partial charge in [-0.3, -0.25) is 4.79 Å². The summed E-state index contributed by atoms with van der Waals surface area (Å²) in [5, 5.41) is 22.4. The first-order valence-electron chi connectivity index (χ1n) is 6.27. The van der Waals surface area contributed by atoms with Crippen molar-refractivity contribution in [3.05, 3.63) is 26.7 Å². The van der Waals surface area contributed by atoms with Gasteiger partial charge in [-0.15, -0.1) is 0 Å². The van der Waals surface area contributed by atoms with E-state index in [0.717, 1.165) is 12.8 Å². The highest BCUT2D eigenvalue weighted by Crippen LogP contribution is 2.38. The summed E-state index contributed by atoms with van der Waals surface area (Å²) in [6, 6.07) is 0.914. The monoisotopic (exact) mass is 337 g/mol. The van der Waals surface area contributed by atoms with Gasteiger partial charge in [0.05, 0.1) is 27.2 Å². The number of aliphatic hydroxyl groups is 1. The van der Waals surface area contributed by atoms with Crippen LogP contribution in [0.5, 0.6) is 5.75 Å². The minimum Gasteiger partial charge on any atom is -0.505 e. The summed E-state index contributed by atoms with van der Waals surface area (Å²) in [6.07, 6.45) is 2.59. The molecule has 20 heavy (non-hydrogen) atoms. The minimum absolute atomic E-state index is 0.0475. The summed E-state index contributed by atoms with van der Waals surface area (Å²) >= 11 is 17.6. The molecule has 1 aromatic rings. The molecule has 1 amide bonds. The van der Waals surface area contributed by atoms with E-state index in [0.29, 0.717) is 12.8 Å². The lowest BCUT2D eigenvalue weighted by Crippen LogP contribution is -2.45. The minimum atomic E-state index is -0.595. The van der Waals surface area contributed by atoms with Crippen molar-refractivity contribution in [3.63, 3.8) is 0 Å². The van der Waals surface area contributed by atoms with Crippen LogP contribution in [-0.4, -0.2) is 28.3 Å². The van der Waals surface area contributed by atoms with Crippen molar-refractivity contribution in [2.45, 2.75) is 37.8 Å². The Labute approximate surface area is 131 Å². The Morgan fingerprint density at radius 1 is 1.20 bits per heavy atom. The van der Waals surface area contributed by atoms with Crippen molar-refractivity contribution < 1.29 is 15.0 Å². The van der Waals surface area contributed by atoms with Gasteiger partial charge in [0.25, 0.3) is 5.91 Å². The number of benzene rings is 1. The Balaban J connectivity index is 2.25. The number of aliphatic hydroxyl groups excluding tert-OH is 1. The molecule has 0 aliphatic heterocycles. The van der Waals surface area contributed by atoms with E-state index in [9.17, 15) is 15.0 Å². The van der Waals surface area contributed by atoms with Gasteiger partial charge in [0.1, 0.15) is 11.3 Å². The highest BCUT2D eigenvalue weighted by atomic mass is 35.5. The third-order valence-electron chi connectivity index (χ3n) is 3.42. The summed E-state index contributed by atoms with van der Waals surface area (Å²) in [5.74, 6) is -1.01. The molecule has 0 aromatic heterocycles. The molecule has 0 saturated heterocycles. The molecule has 1 aromatic carbocycles. The number of hydrogen-bond donors (Lipinski definition) is 3. The SMILES string of the molecule is O=C(NC1CCCCC1O)c1c(O)c(Cl)cc(Cl)c1Cl. The van der Waals surface area contributed by atoms with Crippen LogP contribution in [0.2, 0.25) is 15.1 Å². The lowest BCUT2D eigenvalue weighted by Gasteiger charge is -2.28. The number of amides is 1. The molecule has 1 saturated carbocycles. The molecular formula is C13H14Cl3NO3. The van der Waals surface area contributed by atoms with Gasteiger partial charge in [0.2, 0.25) is 0 Å². The largest absolute Gasteiger partial charge is 0.505 e. The molecular weight excluding hydrogens is 325 g/mol. The predicted molar refractivity (Wildman–Crippen MR) is 78.9 cm³/mol. The molecule has 3 N–H and O–H groups in total. The molecule has 4 nitrogen and oxygen atoms in total. The zero-order valence-electron chi connectivity index (χ0n) is 10.5. The van der Waals surface area contributed by atoms with E-state index in [1.807, 2.05) is 0 Å². The van der Waals surface area contributed by atoms with Crippen molar-refractivity contribution >= 4 is 40.7 Å².